The Balaban J connectivity index is 1.92. The molecule has 0 atom stereocenters. The first-order chi connectivity index (χ1) is 13.2. The minimum atomic E-state index is 0.332. The van der Waals surface area contributed by atoms with Crippen LogP contribution in [0.3, 0.4) is 0 Å². The van der Waals surface area contributed by atoms with Crippen molar-refractivity contribution in [2.75, 3.05) is 27.2 Å². The Hall–Kier alpha value is -2.58. The maximum absolute atomic E-state index is 5.85. The van der Waals surface area contributed by atoms with Crippen LogP contribution >= 0.6 is 0 Å². The summed E-state index contributed by atoms with van der Waals surface area (Å²) in [6.07, 6.45) is 9.82. The second-order valence-electron chi connectivity index (χ2n) is 7.08. The Morgan fingerprint density at radius 1 is 0.889 bits per heavy atom. The predicted octanol–water partition coefficient (Wildman–Crippen LogP) is 5.69. The van der Waals surface area contributed by atoms with Gasteiger partial charge in [0.1, 0.15) is 12.4 Å². The molecule has 1 aliphatic carbocycles. The third kappa shape index (κ3) is 4.99. The molecule has 0 N–H and O–H groups in total. The van der Waals surface area contributed by atoms with Gasteiger partial charge in [0.05, 0.1) is 0 Å². The maximum Gasteiger partial charge on any atom is 0.119 e. The van der Waals surface area contributed by atoms with Crippen molar-refractivity contribution in [3.05, 3.63) is 90.0 Å². The highest BCUT2D eigenvalue weighted by Crippen LogP contribution is 2.37. The summed E-state index contributed by atoms with van der Waals surface area (Å²) in [5, 5.41) is 0. The van der Waals surface area contributed by atoms with E-state index in [1.807, 2.05) is 0 Å². The molecule has 0 saturated heterocycles. The zero-order valence-electron chi connectivity index (χ0n) is 16.6. The molecular weight excluding hydrogens is 330 g/mol. The molecule has 0 aliphatic heterocycles. The van der Waals surface area contributed by atoms with Gasteiger partial charge in [-0.25, -0.2) is 0 Å². The minimum absolute atomic E-state index is 0.332. The normalized spacial score (nSPS) is 14.7. The molecule has 0 spiro atoms. The highest BCUT2D eigenvalue weighted by Gasteiger charge is 2.18. The molecule has 1 aliphatic rings. The lowest BCUT2D eigenvalue weighted by atomic mass is 9.85. The lowest BCUT2D eigenvalue weighted by Crippen LogP contribution is -2.19. The standard InChI is InChI=1S/C25H29NO/c1-4-24(20-14-16-23(17-15-20)27-19-18-26(2)3)25(22-12-8-9-13-22)21-10-6-5-7-11-21/h5-17,22H,4,18-19H2,1-3H3. The molecular formula is C25H29NO. The molecule has 140 valence electrons. The number of likely N-dealkylation sites (N-methyl/N-ethyl adjacent to an activating group) is 1. The molecule has 0 aromatic heterocycles. The Bertz CT molecular complexity index is 801. The molecule has 0 fully saturated rings. The summed E-state index contributed by atoms with van der Waals surface area (Å²) in [6, 6.07) is 19.3. The van der Waals surface area contributed by atoms with Crippen molar-refractivity contribution in [3.63, 3.8) is 0 Å². The number of nitrogens with zero attached hydrogens (tertiary/aromatic N) is 1. The van der Waals surface area contributed by atoms with Gasteiger partial charge >= 0.3 is 0 Å². The molecule has 2 nitrogen and oxygen atoms in total. The summed E-state index contributed by atoms with van der Waals surface area (Å²) >= 11 is 0. The van der Waals surface area contributed by atoms with Gasteiger partial charge in [0.15, 0.2) is 0 Å². The van der Waals surface area contributed by atoms with Crippen LogP contribution in [0.25, 0.3) is 11.1 Å². The molecule has 0 saturated carbocycles. The molecule has 27 heavy (non-hydrogen) atoms. The number of rotatable bonds is 8. The van der Waals surface area contributed by atoms with Gasteiger partial charge in [-0.05, 0) is 54.9 Å². The number of hydrogen-bond acceptors (Lipinski definition) is 2. The topological polar surface area (TPSA) is 12.5 Å². The lowest BCUT2D eigenvalue weighted by molar-refractivity contribution is 0.261. The fourth-order valence-corrected chi connectivity index (χ4v) is 3.46. The molecule has 3 rings (SSSR count). The van der Waals surface area contributed by atoms with E-state index in [2.05, 4.69) is 105 Å². The SMILES string of the molecule is CCC(=C(c1ccccc1)C1C=CC=C1)c1ccc(OCCN(C)C)cc1. The summed E-state index contributed by atoms with van der Waals surface area (Å²) < 4.78 is 5.85. The fourth-order valence-electron chi connectivity index (χ4n) is 3.46. The van der Waals surface area contributed by atoms with Gasteiger partial charge in [0.2, 0.25) is 0 Å². The minimum Gasteiger partial charge on any atom is -0.492 e. The van der Waals surface area contributed by atoms with Crippen LogP contribution in [-0.2, 0) is 0 Å². The molecule has 2 heteroatoms. The highest BCUT2D eigenvalue weighted by molar-refractivity contribution is 5.93. The average molecular weight is 360 g/mol. The van der Waals surface area contributed by atoms with Gasteiger partial charge in [0, 0.05) is 12.5 Å². The summed E-state index contributed by atoms with van der Waals surface area (Å²) in [4.78, 5) is 2.13. The van der Waals surface area contributed by atoms with Crippen molar-refractivity contribution >= 4 is 11.1 Å². The fraction of sp³-hybridized carbons (Fsp3) is 0.280. The van der Waals surface area contributed by atoms with Gasteiger partial charge in [-0.2, -0.15) is 0 Å². The number of benzene rings is 2. The van der Waals surface area contributed by atoms with Crippen LogP contribution in [-0.4, -0.2) is 32.1 Å². The Kier molecular flexibility index (Phi) is 6.67. The summed E-state index contributed by atoms with van der Waals surface area (Å²) in [7, 11) is 4.11. The smallest absolute Gasteiger partial charge is 0.119 e. The average Bonchev–Trinajstić information content (AvgIpc) is 3.21. The predicted molar refractivity (Wildman–Crippen MR) is 116 cm³/mol. The van der Waals surface area contributed by atoms with Crippen molar-refractivity contribution in [2.45, 2.75) is 13.3 Å². The zero-order chi connectivity index (χ0) is 19.1. The molecule has 0 unspecified atom stereocenters. The first-order valence-corrected chi connectivity index (χ1v) is 9.70. The van der Waals surface area contributed by atoms with Gasteiger partial charge in [-0.15, -0.1) is 0 Å². The molecule has 0 amide bonds. The molecule has 0 heterocycles. The second-order valence-corrected chi connectivity index (χ2v) is 7.08. The van der Waals surface area contributed by atoms with E-state index in [-0.39, 0.29) is 0 Å². The van der Waals surface area contributed by atoms with E-state index in [1.54, 1.807) is 0 Å². The van der Waals surface area contributed by atoms with Crippen LogP contribution in [0.1, 0.15) is 24.5 Å². The van der Waals surface area contributed by atoms with Gasteiger partial charge in [-0.1, -0.05) is 73.7 Å². The molecule has 2 aromatic rings. The molecule has 0 bridgehead atoms. The van der Waals surface area contributed by atoms with Crippen LogP contribution in [0.15, 0.2) is 78.9 Å². The van der Waals surface area contributed by atoms with Crippen molar-refractivity contribution < 1.29 is 4.74 Å². The van der Waals surface area contributed by atoms with E-state index in [0.717, 1.165) is 18.7 Å². The van der Waals surface area contributed by atoms with E-state index in [4.69, 9.17) is 4.74 Å². The summed E-state index contributed by atoms with van der Waals surface area (Å²) in [5.41, 5.74) is 5.35. The second kappa shape index (κ2) is 9.38. The van der Waals surface area contributed by atoms with E-state index in [1.165, 1.54) is 22.3 Å². The first-order valence-electron chi connectivity index (χ1n) is 9.70. The Morgan fingerprint density at radius 2 is 1.56 bits per heavy atom. The Morgan fingerprint density at radius 3 is 2.15 bits per heavy atom. The van der Waals surface area contributed by atoms with E-state index >= 15 is 0 Å². The lowest BCUT2D eigenvalue weighted by Gasteiger charge is -2.19. The summed E-state index contributed by atoms with van der Waals surface area (Å²) in [6.45, 7) is 3.86. The third-order valence-corrected chi connectivity index (χ3v) is 4.85. The van der Waals surface area contributed by atoms with Gasteiger partial charge in [0.25, 0.3) is 0 Å². The van der Waals surface area contributed by atoms with Crippen molar-refractivity contribution in [2.24, 2.45) is 5.92 Å². The number of allylic oxidation sites excluding steroid dienone is 6. The van der Waals surface area contributed by atoms with E-state index < -0.39 is 0 Å². The van der Waals surface area contributed by atoms with Crippen molar-refractivity contribution in [1.29, 1.82) is 0 Å². The maximum atomic E-state index is 5.85. The van der Waals surface area contributed by atoms with Crippen LogP contribution in [0.2, 0.25) is 0 Å². The van der Waals surface area contributed by atoms with Crippen LogP contribution in [0, 0.1) is 5.92 Å². The van der Waals surface area contributed by atoms with E-state index in [0.29, 0.717) is 12.5 Å². The molecule has 2 aromatic carbocycles. The molecule has 0 radical (unpaired) electrons. The quantitative estimate of drug-likeness (QED) is 0.561. The highest BCUT2D eigenvalue weighted by atomic mass is 16.5. The Labute approximate surface area is 163 Å². The first kappa shape index (κ1) is 19.2. The van der Waals surface area contributed by atoms with Crippen molar-refractivity contribution in [3.8, 4) is 5.75 Å². The van der Waals surface area contributed by atoms with E-state index in [9.17, 15) is 0 Å². The van der Waals surface area contributed by atoms with Crippen LogP contribution < -0.4 is 4.74 Å². The monoisotopic (exact) mass is 359 g/mol. The van der Waals surface area contributed by atoms with Crippen LogP contribution in [0.5, 0.6) is 5.75 Å². The third-order valence-electron chi connectivity index (χ3n) is 4.85. The van der Waals surface area contributed by atoms with Gasteiger partial charge in [-0.3, -0.25) is 0 Å². The largest absolute Gasteiger partial charge is 0.492 e. The summed E-state index contributed by atoms with van der Waals surface area (Å²) in [5.74, 6) is 1.26. The van der Waals surface area contributed by atoms with Gasteiger partial charge < -0.3 is 9.64 Å². The number of hydrogen-bond donors (Lipinski definition) is 0. The van der Waals surface area contributed by atoms with Crippen molar-refractivity contribution in [1.82, 2.24) is 4.90 Å². The van der Waals surface area contributed by atoms with Crippen LogP contribution in [0.4, 0.5) is 0 Å². The zero-order valence-corrected chi connectivity index (χ0v) is 16.6. The number of ether oxygens (including phenoxy) is 1.